The van der Waals surface area contributed by atoms with E-state index < -0.39 is 6.10 Å². The standard InChI is InChI=1S/C18H18BrClN2O3/c1-3-17(23)21-13-5-7-14(8-6-13)22-18(24)11(2)25-16-9-4-12(20)10-15(16)19/h4-11H,3H2,1-2H3,(H,21,23)(H,22,24). The van der Waals surface area contributed by atoms with Crippen LogP contribution in [0.25, 0.3) is 0 Å². The molecule has 0 bridgehead atoms. The predicted octanol–water partition coefficient (Wildman–Crippen LogP) is 4.86. The van der Waals surface area contributed by atoms with Gasteiger partial charge >= 0.3 is 0 Å². The summed E-state index contributed by atoms with van der Waals surface area (Å²) in [5, 5.41) is 6.09. The number of hydrogen-bond acceptors (Lipinski definition) is 3. The van der Waals surface area contributed by atoms with E-state index in [1.165, 1.54) is 0 Å². The number of hydrogen-bond donors (Lipinski definition) is 2. The van der Waals surface area contributed by atoms with Crippen LogP contribution in [0.4, 0.5) is 11.4 Å². The van der Waals surface area contributed by atoms with Crippen LogP contribution in [-0.2, 0) is 9.59 Å². The summed E-state index contributed by atoms with van der Waals surface area (Å²) in [6.45, 7) is 3.44. The fraction of sp³-hybridized carbons (Fsp3) is 0.222. The molecule has 132 valence electrons. The molecule has 0 saturated carbocycles. The van der Waals surface area contributed by atoms with Gasteiger partial charge in [0.1, 0.15) is 5.75 Å². The van der Waals surface area contributed by atoms with Gasteiger partial charge in [0.25, 0.3) is 5.91 Å². The Morgan fingerprint density at radius 1 is 1.12 bits per heavy atom. The highest BCUT2D eigenvalue weighted by Gasteiger charge is 2.16. The average molecular weight is 426 g/mol. The predicted molar refractivity (Wildman–Crippen MR) is 103 cm³/mol. The van der Waals surface area contributed by atoms with Crippen molar-refractivity contribution in [3.63, 3.8) is 0 Å². The Morgan fingerprint density at radius 2 is 1.72 bits per heavy atom. The molecule has 0 aliphatic rings. The summed E-state index contributed by atoms with van der Waals surface area (Å²) in [6, 6.07) is 12.0. The number of rotatable bonds is 6. The van der Waals surface area contributed by atoms with Crippen LogP contribution in [-0.4, -0.2) is 17.9 Å². The van der Waals surface area contributed by atoms with Gasteiger partial charge in [0.05, 0.1) is 4.47 Å². The van der Waals surface area contributed by atoms with Crippen molar-refractivity contribution in [1.29, 1.82) is 0 Å². The molecule has 0 fully saturated rings. The number of carbonyl (C=O) groups is 2. The van der Waals surface area contributed by atoms with E-state index in [2.05, 4.69) is 26.6 Å². The number of ether oxygens (including phenoxy) is 1. The molecule has 0 spiro atoms. The van der Waals surface area contributed by atoms with E-state index in [-0.39, 0.29) is 11.8 Å². The van der Waals surface area contributed by atoms with Crippen molar-refractivity contribution in [2.24, 2.45) is 0 Å². The number of halogens is 2. The van der Waals surface area contributed by atoms with Crippen LogP contribution in [0.15, 0.2) is 46.9 Å². The minimum absolute atomic E-state index is 0.0626. The van der Waals surface area contributed by atoms with Crippen molar-refractivity contribution in [1.82, 2.24) is 0 Å². The number of benzene rings is 2. The highest BCUT2D eigenvalue weighted by molar-refractivity contribution is 9.10. The van der Waals surface area contributed by atoms with Gasteiger partial charge in [0.2, 0.25) is 5.91 Å². The largest absolute Gasteiger partial charge is 0.480 e. The number of anilines is 2. The van der Waals surface area contributed by atoms with Gasteiger partial charge in [-0.1, -0.05) is 18.5 Å². The maximum Gasteiger partial charge on any atom is 0.265 e. The van der Waals surface area contributed by atoms with E-state index in [1.807, 2.05) is 0 Å². The van der Waals surface area contributed by atoms with Crippen LogP contribution < -0.4 is 15.4 Å². The lowest BCUT2D eigenvalue weighted by Gasteiger charge is -2.16. The molecule has 0 aliphatic heterocycles. The third-order valence-corrected chi connectivity index (χ3v) is 4.18. The molecule has 0 aliphatic carbocycles. The topological polar surface area (TPSA) is 67.4 Å². The van der Waals surface area contributed by atoms with Crippen molar-refractivity contribution in [3.8, 4) is 5.75 Å². The first-order chi connectivity index (χ1) is 11.9. The lowest BCUT2D eigenvalue weighted by molar-refractivity contribution is -0.122. The van der Waals surface area contributed by atoms with Crippen LogP contribution in [0.3, 0.4) is 0 Å². The summed E-state index contributed by atoms with van der Waals surface area (Å²) in [4.78, 5) is 23.6. The van der Waals surface area contributed by atoms with Gasteiger partial charge in [-0.2, -0.15) is 0 Å². The van der Waals surface area contributed by atoms with Gasteiger partial charge in [-0.25, -0.2) is 0 Å². The van der Waals surface area contributed by atoms with E-state index >= 15 is 0 Å². The molecule has 0 saturated heterocycles. The molecule has 2 aromatic rings. The molecular weight excluding hydrogens is 408 g/mol. The summed E-state index contributed by atoms with van der Waals surface area (Å²) in [6.07, 6.45) is -0.287. The highest BCUT2D eigenvalue weighted by Crippen LogP contribution is 2.29. The molecule has 1 unspecified atom stereocenters. The van der Waals surface area contributed by atoms with Gasteiger partial charge in [-0.05, 0) is 65.3 Å². The molecule has 0 radical (unpaired) electrons. The monoisotopic (exact) mass is 424 g/mol. The van der Waals surface area contributed by atoms with Gasteiger partial charge in [-0.15, -0.1) is 0 Å². The van der Waals surface area contributed by atoms with E-state index in [9.17, 15) is 9.59 Å². The Labute approximate surface area is 159 Å². The molecule has 2 N–H and O–H groups in total. The highest BCUT2D eigenvalue weighted by atomic mass is 79.9. The third kappa shape index (κ3) is 5.76. The second-order valence-electron chi connectivity index (χ2n) is 5.30. The molecule has 2 amide bonds. The van der Waals surface area contributed by atoms with Crippen molar-refractivity contribution in [3.05, 3.63) is 52.0 Å². The average Bonchev–Trinajstić information content (AvgIpc) is 2.58. The third-order valence-electron chi connectivity index (χ3n) is 3.32. The maximum atomic E-state index is 12.3. The first-order valence-corrected chi connectivity index (χ1v) is 8.88. The number of amides is 2. The number of nitrogens with one attached hydrogen (secondary N) is 2. The second-order valence-corrected chi connectivity index (χ2v) is 6.59. The number of carbonyl (C=O) groups excluding carboxylic acids is 2. The summed E-state index contributed by atoms with van der Waals surface area (Å²) in [7, 11) is 0. The van der Waals surface area contributed by atoms with E-state index in [0.717, 1.165) is 0 Å². The molecule has 25 heavy (non-hydrogen) atoms. The second kappa shape index (κ2) is 8.87. The zero-order valence-corrected chi connectivity index (χ0v) is 16.1. The van der Waals surface area contributed by atoms with Crippen LogP contribution in [0, 0.1) is 0 Å². The Morgan fingerprint density at radius 3 is 2.28 bits per heavy atom. The smallest absolute Gasteiger partial charge is 0.265 e. The Bertz CT molecular complexity index is 765. The van der Waals surface area contributed by atoms with Crippen LogP contribution in [0.5, 0.6) is 5.75 Å². The summed E-state index contributed by atoms with van der Waals surface area (Å²) in [5.74, 6) is 0.184. The summed E-state index contributed by atoms with van der Waals surface area (Å²) >= 11 is 9.24. The minimum Gasteiger partial charge on any atom is -0.480 e. The molecule has 0 heterocycles. The Balaban J connectivity index is 1.95. The molecule has 2 rings (SSSR count). The lowest BCUT2D eigenvalue weighted by Crippen LogP contribution is -2.30. The minimum atomic E-state index is -0.697. The van der Waals surface area contributed by atoms with Gasteiger partial charge < -0.3 is 15.4 Å². The van der Waals surface area contributed by atoms with E-state index in [0.29, 0.717) is 33.0 Å². The molecule has 0 aromatic heterocycles. The molecular formula is C18H18BrClN2O3. The van der Waals surface area contributed by atoms with Crippen molar-refractivity contribution >= 4 is 50.7 Å². The first-order valence-electron chi connectivity index (χ1n) is 7.71. The van der Waals surface area contributed by atoms with E-state index in [4.69, 9.17) is 16.3 Å². The Kier molecular flexibility index (Phi) is 6.84. The van der Waals surface area contributed by atoms with Gasteiger partial charge in [0, 0.05) is 22.8 Å². The molecule has 5 nitrogen and oxygen atoms in total. The van der Waals surface area contributed by atoms with Crippen LogP contribution >= 0.6 is 27.5 Å². The molecule has 1 atom stereocenters. The lowest BCUT2D eigenvalue weighted by atomic mass is 10.2. The first kappa shape index (κ1) is 19.3. The Hall–Kier alpha value is -2.05. The normalized spacial score (nSPS) is 11.5. The van der Waals surface area contributed by atoms with E-state index in [1.54, 1.807) is 56.3 Å². The van der Waals surface area contributed by atoms with Crippen molar-refractivity contribution in [2.45, 2.75) is 26.4 Å². The van der Waals surface area contributed by atoms with Gasteiger partial charge in [0.15, 0.2) is 6.10 Å². The fourth-order valence-electron chi connectivity index (χ4n) is 1.94. The van der Waals surface area contributed by atoms with Crippen molar-refractivity contribution < 1.29 is 14.3 Å². The zero-order valence-electron chi connectivity index (χ0n) is 13.8. The summed E-state index contributed by atoms with van der Waals surface area (Å²) in [5.41, 5.74) is 1.30. The fourth-order valence-corrected chi connectivity index (χ4v) is 2.72. The molecule has 7 heteroatoms. The quantitative estimate of drug-likeness (QED) is 0.695. The molecule has 2 aromatic carbocycles. The van der Waals surface area contributed by atoms with Crippen LogP contribution in [0.2, 0.25) is 5.02 Å². The summed E-state index contributed by atoms with van der Waals surface area (Å²) < 4.78 is 6.33. The van der Waals surface area contributed by atoms with Crippen LogP contribution in [0.1, 0.15) is 20.3 Å². The SMILES string of the molecule is CCC(=O)Nc1ccc(NC(=O)C(C)Oc2ccc(Cl)cc2Br)cc1. The van der Waals surface area contributed by atoms with Crippen molar-refractivity contribution in [2.75, 3.05) is 10.6 Å². The maximum absolute atomic E-state index is 12.3. The zero-order chi connectivity index (χ0) is 18.4. The van der Waals surface area contributed by atoms with Gasteiger partial charge in [-0.3, -0.25) is 9.59 Å².